The van der Waals surface area contributed by atoms with Crippen LogP contribution in [0.4, 0.5) is 0 Å². The van der Waals surface area contributed by atoms with Gasteiger partial charge < -0.3 is 4.74 Å². The van der Waals surface area contributed by atoms with Gasteiger partial charge in [0.05, 0.1) is 7.11 Å². The Hall–Kier alpha value is -0.835. The Labute approximate surface area is 121 Å². The second-order valence-corrected chi connectivity index (χ2v) is 6.83. The standard InChI is InChI=1S/C15H18OP2.B/c1-16-14-9-5-6-10-15(14)18(12-11-17)13-7-3-2-4-8-13;/h2-10H,11-12,17H2,1H3;. The average molecular weight is 287 g/mol. The van der Waals surface area contributed by atoms with E-state index in [0.717, 1.165) is 11.9 Å². The molecule has 0 heterocycles. The largest absolute Gasteiger partial charge is 0.496 e. The van der Waals surface area contributed by atoms with Crippen molar-refractivity contribution in [3.05, 3.63) is 54.6 Å². The van der Waals surface area contributed by atoms with Gasteiger partial charge in [-0.25, -0.2) is 0 Å². The van der Waals surface area contributed by atoms with Crippen molar-refractivity contribution < 1.29 is 4.74 Å². The summed E-state index contributed by atoms with van der Waals surface area (Å²) < 4.78 is 5.50. The second kappa shape index (κ2) is 8.36. The molecule has 2 rings (SSSR count). The average Bonchev–Trinajstić information content (AvgIpc) is 2.46. The number of hydrogen-bond acceptors (Lipinski definition) is 1. The van der Waals surface area contributed by atoms with Crippen LogP contribution in [0.15, 0.2) is 54.6 Å². The summed E-state index contributed by atoms with van der Waals surface area (Å²) >= 11 is 0. The lowest BCUT2D eigenvalue weighted by Crippen LogP contribution is -2.16. The molecule has 0 fully saturated rings. The van der Waals surface area contributed by atoms with Crippen LogP contribution in [0.3, 0.4) is 0 Å². The quantitative estimate of drug-likeness (QED) is 0.607. The molecule has 0 N–H and O–H groups in total. The number of ether oxygens (including phenoxy) is 1. The van der Waals surface area contributed by atoms with Gasteiger partial charge in [0.25, 0.3) is 0 Å². The van der Waals surface area contributed by atoms with Crippen LogP contribution in [0.1, 0.15) is 0 Å². The highest BCUT2D eigenvalue weighted by Crippen LogP contribution is 2.37. The highest BCUT2D eigenvalue weighted by molar-refractivity contribution is 7.73. The maximum Gasteiger partial charge on any atom is 0.126 e. The van der Waals surface area contributed by atoms with Crippen LogP contribution in [0, 0.1) is 0 Å². The monoisotopic (exact) mass is 287 g/mol. The third-order valence-corrected chi connectivity index (χ3v) is 6.15. The van der Waals surface area contributed by atoms with Crippen molar-refractivity contribution in [3.8, 4) is 5.75 Å². The second-order valence-electron chi connectivity index (χ2n) is 3.95. The zero-order valence-electron chi connectivity index (χ0n) is 11.1. The van der Waals surface area contributed by atoms with Gasteiger partial charge in [-0.3, -0.25) is 0 Å². The van der Waals surface area contributed by atoms with Crippen molar-refractivity contribution in [2.24, 2.45) is 0 Å². The first-order chi connectivity index (χ1) is 8.86. The third-order valence-electron chi connectivity index (χ3n) is 2.80. The highest BCUT2D eigenvalue weighted by Gasteiger charge is 2.16. The maximum absolute atomic E-state index is 5.50. The molecule has 0 aromatic heterocycles. The van der Waals surface area contributed by atoms with Crippen LogP contribution in [0.5, 0.6) is 5.75 Å². The van der Waals surface area contributed by atoms with E-state index in [2.05, 4.69) is 57.8 Å². The van der Waals surface area contributed by atoms with Gasteiger partial charge in [0, 0.05) is 13.7 Å². The fraction of sp³-hybridized carbons (Fsp3) is 0.200. The molecule has 0 saturated heterocycles. The molecule has 4 heteroatoms. The van der Waals surface area contributed by atoms with Crippen molar-refractivity contribution in [1.82, 2.24) is 0 Å². The highest BCUT2D eigenvalue weighted by atomic mass is 31.1. The van der Waals surface area contributed by atoms with Crippen LogP contribution in [0.2, 0.25) is 0 Å². The molecule has 0 amide bonds. The molecule has 3 radical (unpaired) electrons. The van der Waals surface area contributed by atoms with E-state index in [9.17, 15) is 0 Å². The normalized spacial score (nSPS) is 11.5. The number of methoxy groups -OCH3 is 1. The third kappa shape index (κ3) is 4.06. The van der Waals surface area contributed by atoms with Gasteiger partial charge in [0.15, 0.2) is 0 Å². The van der Waals surface area contributed by atoms with Crippen LogP contribution in [-0.2, 0) is 0 Å². The van der Waals surface area contributed by atoms with Crippen molar-refractivity contribution in [3.63, 3.8) is 0 Å². The van der Waals surface area contributed by atoms with Gasteiger partial charge in [0.2, 0.25) is 0 Å². The topological polar surface area (TPSA) is 9.23 Å². The molecule has 0 bridgehead atoms. The number of benzene rings is 2. The number of para-hydroxylation sites is 1. The summed E-state index contributed by atoms with van der Waals surface area (Å²) in [6, 6.07) is 19.1. The Morgan fingerprint density at radius 1 is 1.00 bits per heavy atom. The predicted molar refractivity (Wildman–Crippen MR) is 90.8 cm³/mol. The van der Waals surface area contributed by atoms with E-state index in [1.165, 1.54) is 16.8 Å². The molecule has 0 spiro atoms. The Bertz CT molecular complexity index is 491. The SMILES string of the molecule is COc1ccccc1P(CCP)c1ccccc1.[B]. The first-order valence-electron chi connectivity index (χ1n) is 6.02. The zero-order chi connectivity index (χ0) is 12.8. The van der Waals surface area contributed by atoms with Gasteiger partial charge in [0.1, 0.15) is 5.75 Å². The molecule has 97 valence electrons. The first-order valence-corrected chi connectivity index (χ1v) is 8.37. The summed E-state index contributed by atoms with van der Waals surface area (Å²) in [5.74, 6) is 1.01. The zero-order valence-corrected chi connectivity index (χ0v) is 13.2. The number of rotatable bonds is 5. The lowest BCUT2D eigenvalue weighted by atomic mass is 10.3. The lowest BCUT2D eigenvalue weighted by molar-refractivity contribution is 0.418. The molecule has 1 nitrogen and oxygen atoms in total. The molecular weight excluding hydrogens is 269 g/mol. The predicted octanol–water partition coefficient (Wildman–Crippen LogP) is 2.62. The Balaban J connectivity index is 0.00000180. The van der Waals surface area contributed by atoms with Crippen LogP contribution >= 0.6 is 17.2 Å². The van der Waals surface area contributed by atoms with Crippen molar-refractivity contribution >= 4 is 36.2 Å². The molecule has 0 aliphatic heterocycles. The Morgan fingerprint density at radius 3 is 2.26 bits per heavy atom. The summed E-state index contributed by atoms with van der Waals surface area (Å²) in [7, 11) is 4.26. The van der Waals surface area contributed by atoms with E-state index < -0.39 is 0 Å². The Morgan fingerprint density at radius 2 is 1.63 bits per heavy atom. The Kier molecular flexibility index (Phi) is 7.14. The van der Waals surface area contributed by atoms with Crippen molar-refractivity contribution in [2.75, 3.05) is 19.4 Å². The minimum Gasteiger partial charge on any atom is -0.496 e. The molecule has 0 aliphatic rings. The first kappa shape index (κ1) is 16.2. The minimum atomic E-state index is -0.323. The lowest BCUT2D eigenvalue weighted by Gasteiger charge is -2.20. The van der Waals surface area contributed by atoms with Crippen LogP contribution in [0.25, 0.3) is 0 Å². The van der Waals surface area contributed by atoms with E-state index in [4.69, 9.17) is 4.74 Å². The van der Waals surface area contributed by atoms with Crippen molar-refractivity contribution in [1.29, 1.82) is 0 Å². The summed E-state index contributed by atoms with van der Waals surface area (Å²) in [5.41, 5.74) is 0. The van der Waals surface area contributed by atoms with E-state index in [-0.39, 0.29) is 16.3 Å². The van der Waals surface area contributed by atoms with E-state index in [1.807, 2.05) is 6.07 Å². The van der Waals surface area contributed by atoms with E-state index in [0.29, 0.717) is 0 Å². The molecular formula is C15H18BOP2. The van der Waals surface area contributed by atoms with Gasteiger partial charge in [-0.05, 0) is 31.6 Å². The summed E-state index contributed by atoms with van der Waals surface area (Å²) in [6.45, 7) is 0. The van der Waals surface area contributed by atoms with Crippen LogP contribution < -0.4 is 15.3 Å². The van der Waals surface area contributed by atoms with Gasteiger partial charge in [-0.15, -0.1) is 9.24 Å². The van der Waals surface area contributed by atoms with E-state index in [1.54, 1.807) is 7.11 Å². The van der Waals surface area contributed by atoms with Gasteiger partial charge >= 0.3 is 0 Å². The van der Waals surface area contributed by atoms with Crippen LogP contribution in [-0.4, -0.2) is 27.8 Å². The summed E-state index contributed by atoms with van der Waals surface area (Å²) in [6.07, 6.45) is 2.28. The number of hydrogen-bond donors (Lipinski definition) is 0. The molecule has 0 saturated carbocycles. The van der Waals surface area contributed by atoms with Gasteiger partial charge in [-0.2, -0.15) is 0 Å². The molecule has 2 aromatic rings. The minimum absolute atomic E-state index is 0. The smallest absolute Gasteiger partial charge is 0.126 e. The van der Waals surface area contributed by atoms with Crippen molar-refractivity contribution in [2.45, 2.75) is 0 Å². The van der Waals surface area contributed by atoms with Gasteiger partial charge in [-0.1, -0.05) is 48.5 Å². The maximum atomic E-state index is 5.50. The molecule has 2 atom stereocenters. The molecule has 19 heavy (non-hydrogen) atoms. The summed E-state index contributed by atoms with van der Waals surface area (Å²) in [4.78, 5) is 0. The van der Waals surface area contributed by atoms with E-state index >= 15 is 0 Å². The molecule has 2 unspecified atom stereocenters. The summed E-state index contributed by atoms with van der Waals surface area (Å²) in [5, 5.41) is 2.75. The fourth-order valence-electron chi connectivity index (χ4n) is 1.98. The molecule has 2 aromatic carbocycles. The fourth-order valence-corrected chi connectivity index (χ4v) is 5.02. The molecule has 0 aliphatic carbocycles.